The lowest BCUT2D eigenvalue weighted by molar-refractivity contribution is 0.249. The predicted octanol–water partition coefficient (Wildman–Crippen LogP) is 2.37. The van der Waals surface area contributed by atoms with E-state index in [1.165, 1.54) is 5.56 Å². The minimum atomic E-state index is -0.138. The van der Waals surface area contributed by atoms with Crippen LogP contribution >= 0.6 is 0 Å². The number of hydrogen-bond acceptors (Lipinski definition) is 3. The van der Waals surface area contributed by atoms with Crippen molar-refractivity contribution in [3.63, 3.8) is 0 Å². The van der Waals surface area contributed by atoms with Gasteiger partial charge in [-0.3, -0.25) is 4.90 Å². The lowest BCUT2D eigenvalue weighted by Gasteiger charge is -2.16. The van der Waals surface area contributed by atoms with E-state index in [-0.39, 0.29) is 6.03 Å². The number of anilines is 1. The van der Waals surface area contributed by atoms with Crippen molar-refractivity contribution in [1.82, 2.24) is 19.8 Å². The number of imidazole rings is 1. The maximum absolute atomic E-state index is 12.0. The van der Waals surface area contributed by atoms with E-state index in [4.69, 9.17) is 0 Å². The molecule has 1 aliphatic rings. The Kier molecular flexibility index (Phi) is 5.15. The van der Waals surface area contributed by atoms with Crippen LogP contribution in [0.5, 0.6) is 0 Å². The first-order valence-electron chi connectivity index (χ1n) is 8.40. The molecule has 1 saturated heterocycles. The van der Waals surface area contributed by atoms with E-state index >= 15 is 0 Å². The number of likely N-dealkylation sites (tertiary alicyclic amines) is 1. The molecule has 2 heterocycles. The first-order chi connectivity index (χ1) is 11.6. The molecule has 6 heteroatoms. The fourth-order valence-electron chi connectivity index (χ4n) is 3.02. The second-order valence-corrected chi connectivity index (χ2v) is 6.55. The number of rotatable bonds is 5. The third kappa shape index (κ3) is 4.35. The number of hydrogen-bond donors (Lipinski definition) is 2. The molecule has 0 bridgehead atoms. The number of carbonyl (C=O) groups is 1. The van der Waals surface area contributed by atoms with Crippen LogP contribution in [0.2, 0.25) is 0 Å². The number of aromatic nitrogens is 2. The lowest BCUT2D eigenvalue weighted by atomic mass is 10.1. The summed E-state index contributed by atoms with van der Waals surface area (Å²) >= 11 is 0. The van der Waals surface area contributed by atoms with E-state index in [1.807, 2.05) is 50.6 Å². The maximum Gasteiger partial charge on any atom is 0.319 e. The molecule has 2 N–H and O–H groups in total. The zero-order valence-corrected chi connectivity index (χ0v) is 14.3. The van der Waals surface area contributed by atoms with Crippen LogP contribution in [-0.2, 0) is 13.6 Å². The molecular formula is C18H25N5O. The lowest BCUT2D eigenvalue weighted by Crippen LogP contribution is -2.34. The Morgan fingerprint density at radius 3 is 2.83 bits per heavy atom. The first-order valence-corrected chi connectivity index (χ1v) is 8.40. The molecule has 0 spiro atoms. The third-order valence-electron chi connectivity index (χ3n) is 4.52. The zero-order chi connectivity index (χ0) is 16.9. The molecule has 1 aromatic carbocycles. The van der Waals surface area contributed by atoms with Gasteiger partial charge in [0.2, 0.25) is 0 Å². The van der Waals surface area contributed by atoms with Crippen LogP contribution in [0, 0.1) is 12.8 Å². The summed E-state index contributed by atoms with van der Waals surface area (Å²) in [5.41, 5.74) is 2.00. The Morgan fingerprint density at radius 2 is 2.12 bits per heavy atom. The van der Waals surface area contributed by atoms with E-state index in [0.717, 1.165) is 37.6 Å². The number of carbonyl (C=O) groups excluding carboxylic acids is 1. The van der Waals surface area contributed by atoms with E-state index in [0.29, 0.717) is 12.5 Å². The van der Waals surface area contributed by atoms with Crippen LogP contribution in [0.4, 0.5) is 10.5 Å². The topological polar surface area (TPSA) is 62.2 Å². The largest absolute Gasteiger partial charge is 0.338 e. The number of benzene rings is 1. The molecule has 0 unspecified atom stereocenters. The van der Waals surface area contributed by atoms with Crippen molar-refractivity contribution in [2.24, 2.45) is 13.0 Å². The van der Waals surface area contributed by atoms with Crippen LogP contribution in [0.3, 0.4) is 0 Å². The van der Waals surface area contributed by atoms with Crippen molar-refractivity contribution < 1.29 is 4.79 Å². The van der Waals surface area contributed by atoms with Crippen molar-refractivity contribution in [2.45, 2.75) is 19.9 Å². The van der Waals surface area contributed by atoms with Gasteiger partial charge in [0, 0.05) is 38.2 Å². The molecule has 24 heavy (non-hydrogen) atoms. The van der Waals surface area contributed by atoms with E-state index < -0.39 is 0 Å². The Balaban J connectivity index is 1.40. The molecule has 1 atom stereocenters. The van der Waals surface area contributed by atoms with E-state index in [1.54, 1.807) is 0 Å². The van der Waals surface area contributed by atoms with Gasteiger partial charge in [-0.2, -0.15) is 0 Å². The molecule has 128 valence electrons. The molecule has 1 aliphatic heterocycles. The highest BCUT2D eigenvalue weighted by Crippen LogP contribution is 2.17. The summed E-state index contributed by atoms with van der Waals surface area (Å²) in [5.74, 6) is 1.58. The quantitative estimate of drug-likeness (QED) is 0.886. The Bertz CT molecular complexity index is 679. The molecule has 1 aromatic heterocycles. The van der Waals surface area contributed by atoms with Crippen LogP contribution in [-0.4, -0.2) is 40.1 Å². The van der Waals surface area contributed by atoms with Crippen LogP contribution in [0.25, 0.3) is 0 Å². The van der Waals surface area contributed by atoms with Gasteiger partial charge in [0.05, 0.1) is 6.54 Å². The SMILES string of the molecule is Cc1ccc(NC(=O)NC[C@@H]2CCN(Cc3nccn3C)C2)cc1. The average molecular weight is 327 g/mol. The molecular weight excluding hydrogens is 302 g/mol. The summed E-state index contributed by atoms with van der Waals surface area (Å²) in [6.45, 7) is 5.65. The fourth-order valence-corrected chi connectivity index (χ4v) is 3.02. The standard InChI is InChI=1S/C18H25N5O/c1-14-3-5-16(6-4-14)21-18(24)20-11-15-7-9-23(12-15)13-17-19-8-10-22(17)2/h3-6,8,10,15H,7,9,11-13H2,1-2H3,(H2,20,21,24)/t15-/m0/s1. The number of aryl methyl sites for hydroxylation is 2. The molecule has 2 aromatic rings. The normalized spacial score (nSPS) is 17.8. The molecule has 3 rings (SSSR count). The molecule has 1 fully saturated rings. The minimum absolute atomic E-state index is 0.138. The van der Waals surface area contributed by atoms with Gasteiger partial charge in [0.15, 0.2) is 0 Å². The van der Waals surface area contributed by atoms with Gasteiger partial charge in [-0.1, -0.05) is 17.7 Å². The predicted molar refractivity (Wildman–Crippen MR) is 94.8 cm³/mol. The molecule has 0 radical (unpaired) electrons. The third-order valence-corrected chi connectivity index (χ3v) is 4.52. The van der Waals surface area contributed by atoms with Gasteiger partial charge in [-0.05, 0) is 37.9 Å². The van der Waals surface area contributed by atoms with Crippen molar-refractivity contribution in [2.75, 3.05) is 25.0 Å². The van der Waals surface area contributed by atoms with E-state index in [9.17, 15) is 4.79 Å². The highest BCUT2D eigenvalue weighted by Gasteiger charge is 2.23. The van der Waals surface area contributed by atoms with Gasteiger partial charge in [0.1, 0.15) is 5.82 Å². The van der Waals surface area contributed by atoms with Crippen LogP contribution in [0.15, 0.2) is 36.7 Å². The first kappa shape index (κ1) is 16.5. The molecule has 0 saturated carbocycles. The second-order valence-electron chi connectivity index (χ2n) is 6.55. The van der Waals surface area contributed by atoms with Gasteiger partial charge in [0.25, 0.3) is 0 Å². The fraction of sp³-hybridized carbons (Fsp3) is 0.444. The highest BCUT2D eigenvalue weighted by atomic mass is 16.2. The highest BCUT2D eigenvalue weighted by molar-refractivity contribution is 5.89. The van der Waals surface area contributed by atoms with Crippen molar-refractivity contribution in [1.29, 1.82) is 0 Å². The van der Waals surface area contributed by atoms with E-state index in [2.05, 4.69) is 25.1 Å². The molecule has 0 aliphatic carbocycles. The van der Waals surface area contributed by atoms with Crippen molar-refractivity contribution >= 4 is 11.7 Å². The summed E-state index contributed by atoms with van der Waals surface area (Å²) in [6, 6.07) is 7.67. The van der Waals surface area contributed by atoms with Gasteiger partial charge in [-0.15, -0.1) is 0 Å². The van der Waals surface area contributed by atoms with Crippen LogP contribution in [0.1, 0.15) is 17.8 Å². The van der Waals surface area contributed by atoms with Crippen LogP contribution < -0.4 is 10.6 Å². The van der Waals surface area contributed by atoms with Gasteiger partial charge in [-0.25, -0.2) is 9.78 Å². The summed E-state index contributed by atoms with van der Waals surface area (Å²) < 4.78 is 2.06. The molecule has 6 nitrogen and oxygen atoms in total. The maximum atomic E-state index is 12.0. The van der Waals surface area contributed by atoms with Gasteiger partial charge < -0.3 is 15.2 Å². The van der Waals surface area contributed by atoms with Crippen molar-refractivity contribution in [3.8, 4) is 0 Å². The number of nitrogens with one attached hydrogen (secondary N) is 2. The summed E-state index contributed by atoms with van der Waals surface area (Å²) in [7, 11) is 2.02. The minimum Gasteiger partial charge on any atom is -0.338 e. The second kappa shape index (κ2) is 7.49. The van der Waals surface area contributed by atoms with Gasteiger partial charge >= 0.3 is 6.03 Å². The number of nitrogens with zero attached hydrogens (tertiary/aromatic N) is 3. The summed E-state index contributed by atoms with van der Waals surface area (Å²) in [6.07, 6.45) is 4.91. The Labute approximate surface area is 142 Å². The smallest absolute Gasteiger partial charge is 0.319 e. The monoisotopic (exact) mass is 327 g/mol. The average Bonchev–Trinajstić information content (AvgIpc) is 3.18. The number of amides is 2. The summed E-state index contributed by atoms with van der Waals surface area (Å²) in [5, 5.41) is 5.85. The zero-order valence-electron chi connectivity index (χ0n) is 14.3. The Morgan fingerprint density at radius 1 is 1.33 bits per heavy atom. The molecule has 2 amide bonds. The number of urea groups is 1. The van der Waals surface area contributed by atoms with Crippen molar-refractivity contribution in [3.05, 3.63) is 48.0 Å². The Hall–Kier alpha value is -2.34. The summed E-state index contributed by atoms with van der Waals surface area (Å²) in [4.78, 5) is 18.8.